The molecule has 1 aliphatic heterocycles. The van der Waals surface area contributed by atoms with Gasteiger partial charge in [0.05, 0.1) is 0 Å². The zero-order valence-corrected chi connectivity index (χ0v) is 7.93. The van der Waals surface area contributed by atoms with Gasteiger partial charge in [-0.05, 0) is 52.9 Å². The second-order valence-electron chi connectivity index (χ2n) is 3.78. The van der Waals surface area contributed by atoms with Crippen LogP contribution in [0.15, 0.2) is 0 Å². The van der Waals surface area contributed by atoms with Crippen molar-refractivity contribution in [1.82, 2.24) is 10.2 Å². The lowest BCUT2D eigenvalue weighted by molar-refractivity contribution is 0.153. The van der Waals surface area contributed by atoms with E-state index in [1.54, 1.807) is 0 Å². The van der Waals surface area contributed by atoms with Gasteiger partial charge >= 0.3 is 0 Å². The molecule has 2 atom stereocenters. The van der Waals surface area contributed by atoms with Gasteiger partial charge in [0.15, 0.2) is 0 Å². The monoisotopic (exact) mass is 156 g/mol. The maximum atomic E-state index is 3.25. The van der Waals surface area contributed by atoms with Gasteiger partial charge in [0.25, 0.3) is 0 Å². The molecule has 2 nitrogen and oxygen atoms in total. The van der Waals surface area contributed by atoms with Crippen molar-refractivity contribution in [3.63, 3.8) is 0 Å². The molecule has 0 spiro atoms. The molecule has 0 amide bonds. The lowest BCUT2D eigenvalue weighted by Gasteiger charge is -2.34. The topological polar surface area (TPSA) is 15.3 Å². The molecule has 2 heteroatoms. The Morgan fingerprint density at radius 3 is 2.82 bits per heavy atom. The number of nitrogens with zero attached hydrogens (tertiary/aromatic N) is 1. The molecule has 11 heavy (non-hydrogen) atoms. The number of piperidine rings is 1. The average Bonchev–Trinajstić information content (AvgIpc) is 1.98. The highest BCUT2D eigenvalue weighted by Crippen LogP contribution is 2.20. The molecule has 1 N–H and O–H groups in total. The van der Waals surface area contributed by atoms with E-state index in [1.165, 1.54) is 25.9 Å². The summed E-state index contributed by atoms with van der Waals surface area (Å²) in [6.45, 7) is 4.79. The molecule has 1 rings (SSSR count). The second-order valence-corrected chi connectivity index (χ2v) is 3.78. The molecule has 0 aromatic rings. The summed E-state index contributed by atoms with van der Waals surface area (Å²) < 4.78 is 0. The minimum absolute atomic E-state index is 0.780. The predicted molar refractivity (Wildman–Crippen MR) is 48.7 cm³/mol. The largest absolute Gasteiger partial charge is 0.319 e. The number of hydrogen-bond donors (Lipinski definition) is 1. The third-order valence-electron chi connectivity index (χ3n) is 2.81. The first kappa shape index (κ1) is 9.01. The fraction of sp³-hybridized carbons (Fsp3) is 1.00. The first-order valence-electron chi connectivity index (χ1n) is 4.59. The first-order chi connectivity index (χ1) is 5.24. The summed E-state index contributed by atoms with van der Waals surface area (Å²) in [5, 5.41) is 3.25. The highest BCUT2D eigenvalue weighted by molar-refractivity contribution is 4.77. The summed E-state index contributed by atoms with van der Waals surface area (Å²) in [5.74, 6) is 0.909. The van der Waals surface area contributed by atoms with E-state index < -0.39 is 0 Å². The number of likely N-dealkylation sites (tertiary alicyclic amines) is 1. The van der Waals surface area contributed by atoms with Crippen molar-refractivity contribution >= 4 is 0 Å². The predicted octanol–water partition coefficient (Wildman–Crippen LogP) is 0.936. The van der Waals surface area contributed by atoms with Crippen LogP contribution in [0.25, 0.3) is 0 Å². The van der Waals surface area contributed by atoms with E-state index in [0.29, 0.717) is 0 Å². The van der Waals surface area contributed by atoms with Gasteiger partial charge < -0.3 is 10.2 Å². The quantitative estimate of drug-likeness (QED) is 0.640. The third-order valence-corrected chi connectivity index (χ3v) is 2.81. The van der Waals surface area contributed by atoms with Gasteiger partial charge in [-0.1, -0.05) is 0 Å². The lowest BCUT2D eigenvalue weighted by Crippen LogP contribution is -2.40. The molecule has 2 unspecified atom stereocenters. The standard InChI is InChI=1S/C9H20N2/c1-8-6-9(7-10-2)4-5-11(8)3/h8-10H,4-7H2,1-3H3. The Kier molecular flexibility index (Phi) is 3.34. The normalized spacial score (nSPS) is 34.1. The van der Waals surface area contributed by atoms with Crippen LogP contribution in [0.1, 0.15) is 19.8 Å². The SMILES string of the molecule is CNCC1CCN(C)C(C)C1. The highest BCUT2D eigenvalue weighted by Gasteiger charge is 2.21. The molecule has 0 bridgehead atoms. The van der Waals surface area contributed by atoms with Crippen LogP contribution in [0.3, 0.4) is 0 Å². The molecule has 0 aliphatic carbocycles. The van der Waals surface area contributed by atoms with Crippen LogP contribution in [0.5, 0.6) is 0 Å². The van der Waals surface area contributed by atoms with Crippen LogP contribution < -0.4 is 5.32 Å². The van der Waals surface area contributed by atoms with Gasteiger partial charge in [-0.3, -0.25) is 0 Å². The molecule has 1 fully saturated rings. The Hall–Kier alpha value is -0.0800. The summed E-state index contributed by atoms with van der Waals surface area (Å²) in [5.41, 5.74) is 0. The van der Waals surface area contributed by atoms with Gasteiger partial charge in [-0.2, -0.15) is 0 Å². The highest BCUT2D eigenvalue weighted by atomic mass is 15.1. The molecular weight excluding hydrogens is 136 g/mol. The molecule has 0 aromatic heterocycles. The van der Waals surface area contributed by atoms with Crippen molar-refractivity contribution in [2.45, 2.75) is 25.8 Å². The number of nitrogens with one attached hydrogen (secondary N) is 1. The number of hydrogen-bond acceptors (Lipinski definition) is 2. The van der Waals surface area contributed by atoms with Crippen molar-refractivity contribution in [2.75, 3.05) is 27.2 Å². The van der Waals surface area contributed by atoms with Crippen molar-refractivity contribution in [3.8, 4) is 0 Å². The molecule has 0 saturated carbocycles. The average molecular weight is 156 g/mol. The first-order valence-corrected chi connectivity index (χ1v) is 4.59. The minimum atomic E-state index is 0.780. The van der Waals surface area contributed by atoms with Crippen molar-refractivity contribution in [3.05, 3.63) is 0 Å². The van der Waals surface area contributed by atoms with E-state index in [9.17, 15) is 0 Å². The van der Waals surface area contributed by atoms with E-state index in [4.69, 9.17) is 0 Å². The molecule has 1 heterocycles. The van der Waals surface area contributed by atoms with Crippen LogP contribution >= 0.6 is 0 Å². The van der Waals surface area contributed by atoms with Crippen LogP contribution in [0, 0.1) is 5.92 Å². The van der Waals surface area contributed by atoms with Crippen molar-refractivity contribution < 1.29 is 0 Å². The van der Waals surface area contributed by atoms with Gasteiger partial charge in [-0.25, -0.2) is 0 Å². The Morgan fingerprint density at radius 2 is 2.27 bits per heavy atom. The Balaban J connectivity index is 2.28. The Morgan fingerprint density at radius 1 is 1.55 bits per heavy atom. The third kappa shape index (κ3) is 2.46. The smallest absolute Gasteiger partial charge is 0.00670 e. The molecule has 1 saturated heterocycles. The maximum Gasteiger partial charge on any atom is 0.00670 e. The second kappa shape index (κ2) is 4.07. The maximum absolute atomic E-state index is 3.25. The van der Waals surface area contributed by atoms with Crippen molar-refractivity contribution in [1.29, 1.82) is 0 Å². The summed E-state index contributed by atoms with van der Waals surface area (Å²) >= 11 is 0. The van der Waals surface area contributed by atoms with Crippen LogP contribution in [-0.2, 0) is 0 Å². The molecule has 1 aliphatic rings. The molecule has 66 valence electrons. The fourth-order valence-corrected chi connectivity index (χ4v) is 1.86. The Labute approximate surface area is 70.0 Å². The van der Waals surface area contributed by atoms with Gasteiger partial charge in [0.1, 0.15) is 0 Å². The van der Waals surface area contributed by atoms with E-state index in [2.05, 4.69) is 24.2 Å². The minimum Gasteiger partial charge on any atom is -0.319 e. The van der Waals surface area contributed by atoms with E-state index in [0.717, 1.165) is 12.0 Å². The molecular formula is C9H20N2. The van der Waals surface area contributed by atoms with Crippen molar-refractivity contribution in [2.24, 2.45) is 5.92 Å². The van der Waals surface area contributed by atoms with Gasteiger partial charge in [0, 0.05) is 6.04 Å². The number of rotatable bonds is 2. The zero-order valence-electron chi connectivity index (χ0n) is 7.93. The van der Waals surface area contributed by atoms with Crippen LogP contribution in [-0.4, -0.2) is 38.1 Å². The molecule has 0 radical (unpaired) electrons. The van der Waals surface area contributed by atoms with E-state index >= 15 is 0 Å². The van der Waals surface area contributed by atoms with Gasteiger partial charge in [0.2, 0.25) is 0 Å². The summed E-state index contributed by atoms with van der Waals surface area (Å²) in [6, 6.07) is 0.780. The lowest BCUT2D eigenvalue weighted by atomic mass is 9.92. The van der Waals surface area contributed by atoms with E-state index in [1.807, 2.05) is 7.05 Å². The fourth-order valence-electron chi connectivity index (χ4n) is 1.86. The van der Waals surface area contributed by atoms with Crippen LogP contribution in [0.2, 0.25) is 0 Å². The molecule has 0 aromatic carbocycles. The van der Waals surface area contributed by atoms with Crippen LogP contribution in [0.4, 0.5) is 0 Å². The summed E-state index contributed by atoms with van der Waals surface area (Å²) in [4.78, 5) is 2.45. The summed E-state index contributed by atoms with van der Waals surface area (Å²) in [6.07, 6.45) is 2.72. The van der Waals surface area contributed by atoms with E-state index in [-0.39, 0.29) is 0 Å². The van der Waals surface area contributed by atoms with Gasteiger partial charge in [-0.15, -0.1) is 0 Å². The summed E-state index contributed by atoms with van der Waals surface area (Å²) in [7, 11) is 4.27. The Bertz CT molecular complexity index is 114. The zero-order chi connectivity index (χ0) is 8.27.